The van der Waals surface area contributed by atoms with Crippen molar-refractivity contribution in [1.29, 1.82) is 0 Å². The average Bonchev–Trinajstić information content (AvgIpc) is 2.67. The van der Waals surface area contributed by atoms with E-state index < -0.39 is 12.1 Å². The van der Waals surface area contributed by atoms with Crippen molar-refractivity contribution in [3.05, 3.63) is 36.4 Å². The van der Waals surface area contributed by atoms with E-state index in [1.54, 1.807) is 11.9 Å². The number of ether oxygens (including phenoxy) is 1. The normalized spacial score (nSPS) is 21.0. The summed E-state index contributed by atoms with van der Waals surface area (Å²) in [7, 11) is 1.78. The molecule has 1 unspecified atom stereocenters. The van der Waals surface area contributed by atoms with E-state index >= 15 is 0 Å². The van der Waals surface area contributed by atoms with Crippen molar-refractivity contribution in [2.45, 2.75) is 58.7 Å². The van der Waals surface area contributed by atoms with Gasteiger partial charge < -0.3 is 19.8 Å². The molecule has 1 fully saturated rings. The third-order valence-corrected chi connectivity index (χ3v) is 6.17. The zero-order valence-corrected chi connectivity index (χ0v) is 17.9. The Balaban J connectivity index is 1.64. The molecule has 0 radical (unpaired) electrons. The van der Waals surface area contributed by atoms with Crippen LogP contribution >= 0.6 is 0 Å². The van der Waals surface area contributed by atoms with Crippen molar-refractivity contribution in [2.75, 3.05) is 18.5 Å². The Morgan fingerprint density at radius 2 is 1.72 bits per heavy atom. The lowest BCUT2D eigenvalue weighted by Gasteiger charge is -2.37. The molecule has 1 aliphatic rings. The average molecular weight is 400 g/mol. The molecule has 0 amide bonds. The van der Waals surface area contributed by atoms with Gasteiger partial charge in [-0.05, 0) is 72.1 Å². The molecule has 5 nitrogen and oxygen atoms in total. The van der Waals surface area contributed by atoms with E-state index in [1.807, 2.05) is 30.3 Å². The Hall–Kier alpha value is -2.27. The van der Waals surface area contributed by atoms with Gasteiger partial charge in [0.1, 0.15) is 5.75 Å². The first-order valence-electron chi connectivity index (χ1n) is 10.5. The highest BCUT2D eigenvalue weighted by Gasteiger charge is 2.30. The molecule has 2 aromatic carbocycles. The van der Waals surface area contributed by atoms with Crippen molar-refractivity contribution >= 4 is 22.4 Å². The number of benzene rings is 2. The maximum atomic E-state index is 10.9. The molecule has 5 heteroatoms. The Kier molecular flexibility index (Phi) is 6.37. The van der Waals surface area contributed by atoms with Crippen LogP contribution in [0.5, 0.6) is 5.75 Å². The Labute approximate surface area is 173 Å². The molecule has 0 aromatic heterocycles. The zero-order chi connectivity index (χ0) is 21.2. The first-order valence-corrected chi connectivity index (χ1v) is 10.5. The second-order valence-corrected chi connectivity index (χ2v) is 9.39. The van der Waals surface area contributed by atoms with Crippen LogP contribution in [-0.2, 0) is 4.79 Å². The maximum absolute atomic E-state index is 10.9. The predicted molar refractivity (Wildman–Crippen MR) is 117 cm³/mol. The largest absolute Gasteiger partial charge is 0.490 e. The van der Waals surface area contributed by atoms with Crippen LogP contribution < -0.4 is 9.64 Å². The van der Waals surface area contributed by atoms with Gasteiger partial charge in [-0.25, -0.2) is 4.79 Å². The van der Waals surface area contributed by atoms with E-state index in [1.165, 1.54) is 12.8 Å². The van der Waals surface area contributed by atoms with Gasteiger partial charge in [-0.15, -0.1) is 0 Å². The summed E-state index contributed by atoms with van der Waals surface area (Å²) in [6.07, 6.45) is 3.54. The third kappa shape index (κ3) is 5.41. The van der Waals surface area contributed by atoms with E-state index in [0.29, 0.717) is 5.41 Å². The maximum Gasteiger partial charge on any atom is 0.334 e. The highest BCUT2D eigenvalue weighted by atomic mass is 16.5. The van der Waals surface area contributed by atoms with Gasteiger partial charge in [0.05, 0.1) is 12.6 Å². The molecule has 0 spiro atoms. The summed E-state index contributed by atoms with van der Waals surface area (Å²) in [5, 5.41) is 20.6. The number of aliphatic carboxylic acids is 1. The first kappa shape index (κ1) is 21.4. The van der Waals surface area contributed by atoms with E-state index in [2.05, 4.69) is 26.8 Å². The van der Waals surface area contributed by atoms with Gasteiger partial charge in [0.2, 0.25) is 0 Å². The number of fused-ring (bicyclic) bond motifs is 1. The monoisotopic (exact) mass is 399 g/mol. The Morgan fingerprint density at radius 1 is 1.10 bits per heavy atom. The summed E-state index contributed by atoms with van der Waals surface area (Å²) in [4.78, 5) is 12.6. The number of rotatable bonds is 6. The van der Waals surface area contributed by atoms with Crippen molar-refractivity contribution < 1.29 is 19.7 Å². The lowest BCUT2D eigenvalue weighted by atomic mass is 9.72. The fourth-order valence-electron chi connectivity index (χ4n) is 4.20. The number of carbonyl (C=O) groups is 1. The van der Waals surface area contributed by atoms with Crippen LogP contribution in [0, 0.1) is 11.3 Å². The summed E-state index contributed by atoms with van der Waals surface area (Å²) < 4.78 is 6.27. The number of hydrogen-bond acceptors (Lipinski definition) is 4. The first-order chi connectivity index (χ1) is 13.6. The Bertz CT molecular complexity index is 850. The highest BCUT2D eigenvalue weighted by Crippen LogP contribution is 2.39. The topological polar surface area (TPSA) is 70.0 Å². The van der Waals surface area contributed by atoms with Gasteiger partial charge in [0.25, 0.3) is 0 Å². The molecular weight excluding hydrogens is 366 g/mol. The fourth-order valence-corrected chi connectivity index (χ4v) is 4.20. The van der Waals surface area contributed by atoms with Crippen LogP contribution in [0.25, 0.3) is 10.8 Å². The van der Waals surface area contributed by atoms with Gasteiger partial charge in [-0.2, -0.15) is 0 Å². The number of anilines is 1. The van der Waals surface area contributed by atoms with Gasteiger partial charge >= 0.3 is 5.97 Å². The SMILES string of the molecule is CN(CC(O)C(=O)O)c1ccc2cc(OC3CCC(C(C)(C)C)CC3)ccc2c1. The summed E-state index contributed by atoms with van der Waals surface area (Å²) in [6, 6.07) is 12.1. The molecule has 1 saturated carbocycles. The molecule has 2 N–H and O–H groups in total. The molecule has 158 valence electrons. The molecule has 29 heavy (non-hydrogen) atoms. The molecule has 0 aliphatic heterocycles. The minimum Gasteiger partial charge on any atom is -0.490 e. The quantitative estimate of drug-likeness (QED) is 0.736. The van der Waals surface area contributed by atoms with Gasteiger partial charge in [-0.1, -0.05) is 32.9 Å². The van der Waals surface area contributed by atoms with E-state index in [9.17, 15) is 9.90 Å². The fraction of sp³-hybridized carbons (Fsp3) is 0.542. The number of carboxylic acid groups (broad SMARTS) is 1. The van der Waals surface area contributed by atoms with Gasteiger partial charge in [-0.3, -0.25) is 0 Å². The lowest BCUT2D eigenvalue weighted by Crippen LogP contribution is -2.34. The summed E-state index contributed by atoms with van der Waals surface area (Å²) in [6.45, 7) is 7.03. The van der Waals surface area contributed by atoms with E-state index in [-0.39, 0.29) is 12.6 Å². The number of likely N-dealkylation sites (N-methyl/N-ethyl adjacent to an activating group) is 1. The van der Waals surface area contributed by atoms with Crippen LogP contribution in [-0.4, -0.2) is 42.0 Å². The zero-order valence-electron chi connectivity index (χ0n) is 17.9. The molecular formula is C24H33NO4. The van der Waals surface area contributed by atoms with Gasteiger partial charge in [0.15, 0.2) is 6.10 Å². The molecule has 1 atom stereocenters. The van der Waals surface area contributed by atoms with Crippen LogP contribution in [0.2, 0.25) is 0 Å². The number of nitrogens with zero attached hydrogens (tertiary/aromatic N) is 1. The highest BCUT2D eigenvalue weighted by molar-refractivity contribution is 5.87. The van der Waals surface area contributed by atoms with Crippen LogP contribution in [0.1, 0.15) is 46.5 Å². The molecule has 0 heterocycles. The minimum absolute atomic E-state index is 0.0409. The third-order valence-electron chi connectivity index (χ3n) is 6.17. The van der Waals surface area contributed by atoms with Crippen LogP contribution in [0.4, 0.5) is 5.69 Å². The summed E-state index contributed by atoms with van der Waals surface area (Å²) in [5.41, 5.74) is 1.24. The van der Waals surface area contributed by atoms with Crippen molar-refractivity contribution in [3.63, 3.8) is 0 Å². The summed E-state index contributed by atoms with van der Waals surface area (Å²) >= 11 is 0. The van der Waals surface area contributed by atoms with Crippen molar-refractivity contribution in [2.24, 2.45) is 11.3 Å². The number of aliphatic hydroxyl groups is 1. The smallest absolute Gasteiger partial charge is 0.334 e. The molecule has 0 saturated heterocycles. The molecule has 0 bridgehead atoms. The molecule has 3 rings (SSSR count). The predicted octanol–water partition coefficient (Wildman–Crippen LogP) is 4.71. The molecule has 2 aromatic rings. The lowest BCUT2D eigenvalue weighted by molar-refractivity contribution is -0.146. The van der Waals surface area contributed by atoms with Crippen LogP contribution in [0.3, 0.4) is 0 Å². The molecule has 1 aliphatic carbocycles. The van der Waals surface area contributed by atoms with Crippen molar-refractivity contribution in [1.82, 2.24) is 0 Å². The Morgan fingerprint density at radius 3 is 2.34 bits per heavy atom. The number of hydrogen-bond donors (Lipinski definition) is 2. The van der Waals surface area contributed by atoms with E-state index in [0.717, 1.165) is 41.0 Å². The van der Waals surface area contributed by atoms with Crippen LogP contribution in [0.15, 0.2) is 36.4 Å². The minimum atomic E-state index is -1.40. The second-order valence-electron chi connectivity index (χ2n) is 9.39. The summed E-state index contributed by atoms with van der Waals surface area (Å²) in [5.74, 6) is 0.462. The van der Waals surface area contributed by atoms with Gasteiger partial charge in [0, 0.05) is 12.7 Å². The second kappa shape index (κ2) is 8.62. The van der Waals surface area contributed by atoms with E-state index in [4.69, 9.17) is 9.84 Å². The number of aliphatic hydroxyl groups excluding tert-OH is 1. The van der Waals surface area contributed by atoms with Crippen molar-refractivity contribution in [3.8, 4) is 5.75 Å². The standard InChI is InChI=1S/C24H33NO4/c1-24(2,3)18-7-11-20(12-8-18)29-21-10-6-16-13-19(9-5-17(16)14-21)25(4)15-22(26)23(27)28/h5-6,9-10,13-14,18,20,22,26H,7-8,11-12,15H2,1-4H3,(H,27,28). The number of carboxylic acids is 1.